The number of hydrogen-bond acceptors (Lipinski definition) is 4. The monoisotopic (exact) mass is 221 g/mol. The van der Waals surface area contributed by atoms with Gasteiger partial charge in [0, 0.05) is 12.5 Å². The smallest absolute Gasteiger partial charge is 0.136 e. The van der Waals surface area contributed by atoms with E-state index in [0.29, 0.717) is 5.49 Å². The van der Waals surface area contributed by atoms with Crippen molar-refractivity contribution < 1.29 is 5.11 Å². The molecule has 2 N–H and O–H groups in total. The average Bonchev–Trinajstić information content (AvgIpc) is 2.83. The van der Waals surface area contributed by atoms with Crippen LogP contribution in [0.4, 0.5) is 0 Å². The van der Waals surface area contributed by atoms with Gasteiger partial charge in [0.25, 0.3) is 0 Å². The standard InChI is InChI=1S/C10H11N3OS/c11-8-7-2-4-15-10(7)12-9-6(5-14)1-3-13(8)9/h2,4,6,11,14H,1,3,5H2. The number of aliphatic hydroxyl groups is 1. The lowest BCUT2D eigenvalue weighted by molar-refractivity contribution is 0.263. The second kappa shape index (κ2) is 3.15. The predicted octanol–water partition coefficient (Wildman–Crippen LogP) is 1.06. The van der Waals surface area contributed by atoms with Gasteiger partial charge in [0.2, 0.25) is 0 Å². The van der Waals surface area contributed by atoms with Gasteiger partial charge < -0.3 is 9.67 Å². The van der Waals surface area contributed by atoms with Crippen molar-refractivity contribution in [3.8, 4) is 0 Å². The SMILES string of the molecule is N=c1c2ccsc2nc2n1CCC2CO. The predicted molar refractivity (Wildman–Crippen MR) is 57.9 cm³/mol. The van der Waals surface area contributed by atoms with Crippen LogP contribution < -0.4 is 5.49 Å². The molecule has 3 rings (SSSR count). The van der Waals surface area contributed by atoms with Crippen LogP contribution in [-0.2, 0) is 6.54 Å². The van der Waals surface area contributed by atoms with Gasteiger partial charge >= 0.3 is 0 Å². The lowest BCUT2D eigenvalue weighted by atomic mass is 10.1. The van der Waals surface area contributed by atoms with E-state index in [4.69, 9.17) is 5.41 Å². The summed E-state index contributed by atoms with van der Waals surface area (Å²) >= 11 is 1.55. The molecule has 78 valence electrons. The fraction of sp³-hybridized carbons (Fsp3) is 0.400. The highest BCUT2D eigenvalue weighted by Gasteiger charge is 2.24. The van der Waals surface area contributed by atoms with Gasteiger partial charge in [0.15, 0.2) is 0 Å². The Hall–Kier alpha value is -1.20. The first-order valence-corrected chi connectivity index (χ1v) is 5.82. The van der Waals surface area contributed by atoms with Gasteiger partial charge in [-0.2, -0.15) is 0 Å². The summed E-state index contributed by atoms with van der Waals surface area (Å²) in [5, 5.41) is 20.1. The van der Waals surface area contributed by atoms with Gasteiger partial charge in [-0.25, -0.2) is 4.98 Å². The van der Waals surface area contributed by atoms with Crippen molar-refractivity contribution in [3.63, 3.8) is 0 Å². The summed E-state index contributed by atoms with van der Waals surface area (Å²) in [6, 6.07) is 1.94. The minimum absolute atomic E-state index is 0.112. The van der Waals surface area contributed by atoms with Gasteiger partial charge in [-0.15, -0.1) is 11.3 Å². The number of nitrogens with one attached hydrogen (secondary N) is 1. The van der Waals surface area contributed by atoms with Gasteiger partial charge in [-0.3, -0.25) is 5.41 Å². The second-order valence-corrected chi connectivity index (χ2v) is 4.67. The van der Waals surface area contributed by atoms with E-state index in [0.717, 1.165) is 29.0 Å². The molecule has 0 aromatic carbocycles. The van der Waals surface area contributed by atoms with E-state index >= 15 is 0 Å². The molecule has 0 saturated heterocycles. The Labute approximate surface area is 90.3 Å². The molecule has 1 atom stereocenters. The molecule has 3 heterocycles. The van der Waals surface area contributed by atoms with Crippen LogP contribution in [-0.4, -0.2) is 21.3 Å². The van der Waals surface area contributed by atoms with E-state index in [1.54, 1.807) is 11.3 Å². The zero-order valence-corrected chi connectivity index (χ0v) is 8.92. The van der Waals surface area contributed by atoms with Crippen LogP contribution in [0.1, 0.15) is 18.2 Å². The molecule has 4 nitrogen and oxygen atoms in total. The van der Waals surface area contributed by atoms with Gasteiger partial charge in [0.1, 0.15) is 16.1 Å². The quantitative estimate of drug-likeness (QED) is 0.756. The molecule has 2 aromatic heterocycles. The minimum atomic E-state index is 0.112. The molecule has 5 heteroatoms. The van der Waals surface area contributed by atoms with Crippen molar-refractivity contribution in [2.45, 2.75) is 18.9 Å². The largest absolute Gasteiger partial charge is 0.396 e. The number of fused-ring (bicyclic) bond motifs is 2. The summed E-state index contributed by atoms with van der Waals surface area (Å²) in [7, 11) is 0. The summed E-state index contributed by atoms with van der Waals surface area (Å²) in [5.74, 6) is 0.984. The van der Waals surface area contributed by atoms with Gasteiger partial charge in [-0.1, -0.05) is 0 Å². The molecule has 0 saturated carbocycles. The molecule has 0 radical (unpaired) electrons. The fourth-order valence-electron chi connectivity index (χ4n) is 2.12. The van der Waals surface area contributed by atoms with Crippen molar-refractivity contribution in [3.05, 3.63) is 22.8 Å². The molecule has 0 bridgehead atoms. The number of aromatic nitrogens is 2. The minimum Gasteiger partial charge on any atom is -0.396 e. The second-order valence-electron chi connectivity index (χ2n) is 3.78. The molecule has 15 heavy (non-hydrogen) atoms. The van der Waals surface area contributed by atoms with Crippen LogP contribution >= 0.6 is 11.3 Å². The number of thiophene rings is 1. The van der Waals surface area contributed by atoms with Crippen LogP contribution in [0.2, 0.25) is 0 Å². The Kier molecular flexibility index (Phi) is 1.90. The number of nitrogens with zero attached hydrogens (tertiary/aromatic N) is 2. The fourth-order valence-corrected chi connectivity index (χ4v) is 2.89. The number of aliphatic hydroxyl groups excluding tert-OH is 1. The lowest BCUT2D eigenvalue weighted by Gasteiger charge is -2.07. The van der Waals surface area contributed by atoms with E-state index in [2.05, 4.69) is 4.98 Å². The summed E-state index contributed by atoms with van der Waals surface area (Å²) < 4.78 is 1.91. The van der Waals surface area contributed by atoms with Crippen LogP contribution in [0.5, 0.6) is 0 Å². The van der Waals surface area contributed by atoms with Crippen molar-refractivity contribution in [1.82, 2.24) is 9.55 Å². The third kappa shape index (κ3) is 1.16. The zero-order valence-electron chi connectivity index (χ0n) is 8.10. The summed E-state index contributed by atoms with van der Waals surface area (Å²) in [6.07, 6.45) is 0.895. The van der Waals surface area contributed by atoms with E-state index in [9.17, 15) is 5.11 Å². The molecular weight excluding hydrogens is 210 g/mol. The Morgan fingerprint density at radius 3 is 3.33 bits per heavy atom. The normalized spacial score (nSPS) is 19.7. The van der Waals surface area contributed by atoms with Crippen LogP contribution in [0.25, 0.3) is 10.2 Å². The molecule has 1 unspecified atom stereocenters. The van der Waals surface area contributed by atoms with E-state index in [-0.39, 0.29) is 12.5 Å². The maximum absolute atomic E-state index is 9.22. The molecule has 2 aromatic rings. The first-order valence-electron chi connectivity index (χ1n) is 4.94. The van der Waals surface area contributed by atoms with E-state index in [1.807, 2.05) is 16.0 Å². The third-order valence-corrected chi connectivity index (χ3v) is 3.76. The van der Waals surface area contributed by atoms with Gasteiger partial charge in [-0.05, 0) is 17.9 Å². The Balaban J connectivity index is 2.36. The Morgan fingerprint density at radius 1 is 1.67 bits per heavy atom. The first-order chi connectivity index (χ1) is 7.31. The third-order valence-electron chi connectivity index (χ3n) is 2.95. The number of hydrogen-bond donors (Lipinski definition) is 2. The summed E-state index contributed by atoms with van der Waals surface area (Å²) in [5.41, 5.74) is 0.534. The molecule has 0 amide bonds. The highest BCUT2D eigenvalue weighted by Crippen LogP contribution is 2.26. The highest BCUT2D eigenvalue weighted by atomic mass is 32.1. The molecule has 1 aliphatic heterocycles. The molecule has 0 fully saturated rings. The van der Waals surface area contributed by atoms with Crippen molar-refractivity contribution >= 4 is 21.6 Å². The van der Waals surface area contributed by atoms with Crippen LogP contribution in [0.3, 0.4) is 0 Å². The molecule has 0 aliphatic carbocycles. The van der Waals surface area contributed by atoms with E-state index < -0.39 is 0 Å². The maximum Gasteiger partial charge on any atom is 0.136 e. The topological polar surface area (TPSA) is 61.9 Å². The lowest BCUT2D eigenvalue weighted by Crippen LogP contribution is -2.21. The first kappa shape index (κ1) is 9.06. The maximum atomic E-state index is 9.22. The van der Waals surface area contributed by atoms with Crippen molar-refractivity contribution in [2.75, 3.05) is 6.61 Å². The molecule has 0 spiro atoms. The van der Waals surface area contributed by atoms with Crippen molar-refractivity contribution in [1.29, 1.82) is 5.41 Å². The number of rotatable bonds is 1. The Morgan fingerprint density at radius 2 is 2.53 bits per heavy atom. The average molecular weight is 221 g/mol. The van der Waals surface area contributed by atoms with E-state index in [1.165, 1.54) is 0 Å². The zero-order chi connectivity index (χ0) is 10.4. The van der Waals surface area contributed by atoms with Crippen molar-refractivity contribution in [2.24, 2.45) is 0 Å². The Bertz CT molecular complexity index is 572. The van der Waals surface area contributed by atoms with Gasteiger partial charge in [0.05, 0.1) is 12.0 Å². The summed E-state index contributed by atoms with van der Waals surface area (Å²) in [6.45, 7) is 0.932. The van der Waals surface area contributed by atoms with Crippen LogP contribution in [0.15, 0.2) is 11.4 Å². The molecule has 1 aliphatic rings. The van der Waals surface area contributed by atoms with Crippen LogP contribution in [0, 0.1) is 5.41 Å². The summed E-state index contributed by atoms with van der Waals surface area (Å²) in [4.78, 5) is 5.44. The highest BCUT2D eigenvalue weighted by molar-refractivity contribution is 7.16. The molecular formula is C10H11N3OS.